The molecule has 0 spiro atoms. The van der Waals surface area contributed by atoms with Crippen LogP contribution < -0.4 is 5.32 Å². The lowest BCUT2D eigenvalue weighted by Gasteiger charge is -2.42. The molecule has 0 bridgehead atoms. The maximum Gasteiger partial charge on any atom is 0.324 e. The largest absolute Gasteiger partial charge is 0.324 e. The van der Waals surface area contributed by atoms with Crippen molar-refractivity contribution in [1.29, 1.82) is 0 Å². The first-order valence-electron chi connectivity index (χ1n) is 6.08. The minimum Gasteiger partial charge on any atom is -0.321 e. The summed E-state index contributed by atoms with van der Waals surface area (Å²) in [7, 11) is 0. The average molecular weight is 224 g/mol. The Bertz CT molecular complexity index is 312. The van der Waals surface area contributed by atoms with E-state index in [0.29, 0.717) is 24.4 Å². The van der Waals surface area contributed by atoms with Gasteiger partial charge in [-0.15, -0.1) is 0 Å². The molecule has 2 rings (SSSR count). The summed E-state index contributed by atoms with van der Waals surface area (Å²) in [6.45, 7) is 5.10. The normalized spacial score (nSPS) is 30.1. The smallest absolute Gasteiger partial charge is 0.321 e. The molecular weight excluding hydrogens is 204 g/mol. The molecule has 3 amide bonds. The molecule has 4 nitrogen and oxygen atoms in total. The molecule has 0 aromatic rings. The van der Waals surface area contributed by atoms with Crippen LogP contribution in [0.1, 0.15) is 46.0 Å². The van der Waals surface area contributed by atoms with E-state index in [1.54, 1.807) is 0 Å². The number of urea groups is 1. The first-order valence-corrected chi connectivity index (χ1v) is 6.08. The summed E-state index contributed by atoms with van der Waals surface area (Å²) in [4.78, 5) is 24.6. The lowest BCUT2D eigenvalue weighted by atomic mass is 9.74. The van der Waals surface area contributed by atoms with Crippen LogP contribution >= 0.6 is 0 Å². The fourth-order valence-corrected chi connectivity index (χ4v) is 2.85. The Labute approximate surface area is 96.4 Å². The third-order valence-electron chi connectivity index (χ3n) is 3.71. The SMILES string of the molecule is CC1(C)CCCC(N2CCC(=O)NC2=O)C1. The van der Waals surface area contributed by atoms with Gasteiger partial charge in [0.1, 0.15) is 0 Å². The zero-order chi connectivity index (χ0) is 11.8. The fourth-order valence-electron chi connectivity index (χ4n) is 2.85. The van der Waals surface area contributed by atoms with E-state index in [0.717, 1.165) is 12.8 Å². The number of amides is 3. The molecule has 1 atom stereocenters. The summed E-state index contributed by atoms with van der Waals surface area (Å²) in [5.74, 6) is -0.142. The zero-order valence-electron chi connectivity index (χ0n) is 10.1. The van der Waals surface area contributed by atoms with E-state index in [1.165, 1.54) is 12.8 Å². The second-order valence-corrected chi connectivity index (χ2v) is 5.71. The summed E-state index contributed by atoms with van der Waals surface area (Å²) in [5.41, 5.74) is 0.324. The minimum absolute atomic E-state index is 0.142. The highest BCUT2D eigenvalue weighted by molar-refractivity contribution is 5.96. The maximum absolute atomic E-state index is 11.7. The molecule has 0 aromatic heterocycles. The second-order valence-electron chi connectivity index (χ2n) is 5.71. The van der Waals surface area contributed by atoms with Crippen LogP contribution in [0.3, 0.4) is 0 Å². The predicted octanol–water partition coefficient (Wildman–Crippen LogP) is 1.90. The number of carbonyl (C=O) groups is 2. The van der Waals surface area contributed by atoms with Crippen molar-refractivity contribution in [3.05, 3.63) is 0 Å². The number of nitrogens with zero attached hydrogens (tertiary/aromatic N) is 1. The summed E-state index contributed by atoms with van der Waals surface area (Å²) >= 11 is 0. The van der Waals surface area contributed by atoms with E-state index in [-0.39, 0.29) is 11.9 Å². The Balaban J connectivity index is 2.01. The highest BCUT2D eigenvalue weighted by atomic mass is 16.2. The topological polar surface area (TPSA) is 49.4 Å². The van der Waals surface area contributed by atoms with E-state index in [4.69, 9.17) is 0 Å². The molecule has 1 aliphatic carbocycles. The Kier molecular flexibility index (Phi) is 2.91. The minimum atomic E-state index is -0.195. The zero-order valence-corrected chi connectivity index (χ0v) is 10.1. The summed E-state index contributed by atoms with van der Waals surface area (Å²) in [5, 5.41) is 2.40. The van der Waals surface area contributed by atoms with Crippen LogP contribution in [0.15, 0.2) is 0 Å². The van der Waals surface area contributed by atoms with Gasteiger partial charge in [-0.3, -0.25) is 10.1 Å². The van der Waals surface area contributed by atoms with Crippen LogP contribution in [0.4, 0.5) is 4.79 Å². The van der Waals surface area contributed by atoms with Crippen molar-refractivity contribution in [2.24, 2.45) is 5.41 Å². The van der Waals surface area contributed by atoms with E-state index in [9.17, 15) is 9.59 Å². The molecule has 0 aromatic carbocycles. The number of hydrogen-bond acceptors (Lipinski definition) is 2. The van der Waals surface area contributed by atoms with Crippen molar-refractivity contribution in [2.75, 3.05) is 6.54 Å². The van der Waals surface area contributed by atoms with Gasteiger partial charge in [-0.25, -0.2) is 4.79 Å². The van der Waals surface area contributed by atoms with E-state index < -0.39 is 0 Å². The third kappa shape index (κ3) is 2.36. The van der Waals surface area contributed by atoms with Crippen LogP contribution in [-0.4, -0.2) is 29.4 Å². The van der Waals surface area contributed by atoms with Gasteiger partial charge in [-0.1, -0.05) is 20.3 Å². The van der Waals surface area contributed by atoms with Gasteiger partial charge >= 0.3 is 6.03 Å². The van der Waals surface area contributed by atoms with E-state index in [1.807, 2.05) is 4.90 Å². The molecule has 1 unspecified atom stereocenters. The maximum atomic E-state index is 11.7. The lowest BCUT2D eigenvalue weighted by molar-refractivity contribution is -0.121. The molecule has 90 valence electrons. The van der Waals surface area contributed by atoms with Gasteiger partial charge < -0.3 is 4.90 Å². The quantitative estimate of drug-likeness (QED) is 0.739. The number of imide groups is 1. The Hall–Kier alpha value is -1.06. The van der Waals surface area contributed by atoms with Crippen LogP contribution in [0, 0.1) is 5.41 Å². The van der Waals surface area contributed by atoms with Crippen LogP contribution in [0.25, 0.3) is 0 Å². The molecule has 0 radical (unpaired) electrons. The summed E-state index contributed by atoms with van der Waals surface area (Å²) < 4.78 is 0. The molecule has 1 saturated carbocycles. The molecule has 4 heteroatoms. The van der Waals surface area contributed by atoms with Gasteiger partial charge in [-0.05, 0) is 24.7 Å². The summed E-state index contributed by atoms with van der Waals surface area (Å²) in [6, 6.07) is 0.121. The highest BCUT2D eigenvalue weighted by Gasteiger charge is 2.35. The molecule has 2 aliphatic rings. The molecule has 1 aliphatic heterocycles. The van der Waals surface area contributed by atoms with Gasteiger partial charge in [0, 0.05) is 19.0 Å². The van der Waals surface area contributed by atoms with Crippen LogP contribution in [-0.2, 0) is 4.79 Å². The Morgan fingerprint density at radius 3 is 2.75 bits per heavy atom. The highest BCUT2D eigenvalue weighted by Crippen LogP contribution is 2.37. The van der Waals surface area contributed by atoms with Gasteiger partial charge in [0.05, 0.1) is 0 Å². The van der Waals surface area contributed by atoms with Gasteiger partial charge in [0.25, 0.3) is 0 Å². The van der Waals surface area contributed by atoms with Crippen molar-refractivity contribution in [2.45, 2.75) is 52.0 Å². The third-order valence-corrected chi connectivity index (χ3v) is 3.71. The number of hydrogen-bond donors (Lipinski definition) is 1. The van der Waals surface area contributed by atoms with Crippen molar-refractivity contribution >= 4 is 11.9 Å². The van der Waals surface area contributed by atoms with E-state index in [2.05, 4.69) is 19.2 Å². The Morgan fingerprint density at radius 2 is 2.12 bits per heavy atom. The van der Waals surface area contributed by atoms with Crippen molar-refractivity contribution in [1.82, 2.24) is 10.2 Å². The molecular formula is C12H20N2O2. The molecule has 1 heterocycles. The van der Waals surface area contributed by atoms with Gasteiger partial charge in [0.2, 0.25) is 5.91 Å². The first kappa shape index (κ1) is 11.4. The standard InChI is InChI=1S/C12H20N2O2/c1-12(2)6-3-4-9(8-12)14-7-5-10(15)13-11(14)16/h9H,3-8H2,1-2H3,(H,13,15,16). The fraction of sp³-hybridized carbons (Fsp3) is 0.833. The lowest BCUT2D eigenvalue weighted by Crippen LogP contribution is -2.55. The van der Waals surface area contributed by atoms with Gasteiger partial charge in [-0.2, -0.15) is 0 Å². The monoisotopic (exact) mass is 224 g/mol. The van der Waals surface area contributed by atoms with E-state index >= 15 is 0 Å². The van der Waals surface area contributed by atoms with Crippen LogP contribution in [0.2, 0.25) is 0 Å². The van der Waals surface area contributed by atoms with Crippen molar-refractivity contribution < 1.29 is 9.59 Å². The molecule has 2 fully saturated rings. The number of rotatable bonds is 1. The second kappa shape index (κ2) is 4.07. The molecule has 1 N–H and O–H groups in total. The summed E-state index contributed by atoms with van der Waals surface area (Å²) in [6.07, 6.45) is 4.98. The predicted molar refractivity (Wildman–Crippen MR) is 60.9 cm³/mol. The van der Waals surface area contributed by atoms with Gasteiger partial charge in [0.15, 0.2) is 0 Å². The number of carbonyl (C=O) groups excluding carboxylic acids is 2. The average Bonchev–Trinajstić information content (AvgIpc) is 2.15. The van der Waals surface area contributed by atoms with Crippen molar-refractivity contribution in [3.8, 4) is 0 Å². The Morgan fingerprint density at radius 1 is 1.38 bits per heavy atom. The first-order chi connectivity index (χ1) is 7.48. The molecule has 16 heavy (non-hydrogen) atoms. The number of nitrogens with one attached hydrogen (secondary N) is 1. The van der Waals surface area contributed by atoms with Crippen LogP contribution in [0.5, 0.6) is 0 Å². The molecule has 1 saturated heterocycles. The van der Waals surface area contributed by atoms with Crippen molar-refractivity contribution in [3.63, 3.8) is 0 Å².